The fourth-order valence-electron chi connectivity index (χ4n) is 3.26. The number of hydrogen-bond acceptors (Lipinski definition) is 4. The molecule has 1 saturated heterocycles. The number of rotatable bonds is 3. The van der Waals surface area contributed by atoms with E-state index < -0.39 is 0 Å². The lowest BCUT2D eigenvalue weighted by Crippen LogP contribution is -2.50. The second-order valence-electron chi connectivity index (χ2n) is 6.61. The number of amides is 1. The van der Waals surface area contributed by atoms with E-state index in [1.165, 1.54) is 23.5 Å². The molecule has 1 aliphatic rings. The van der Waals surface area contributed by atoms with Crippen molar-refractivity contribution < 1.29 is 9.18 Å². The molecule has 0 unspecified atom stereocenters. The molecule has 1 fully saturated rings. The van der Waals surface area contributed by atoms with E-state index in [2.05, 4.69) is 10.3 Å². The lowest BCUT2D eigenvalue weighted by Gasteiger charge is -2.38. The summed E-state index contributed by atoms with van der Waals surface area (Å²) in [5.41, 5.74) is 1.85. The van der Waals surface area contributed by atoms with Crippen LogP contribution in [0.15, 0.2) is 60.8 Å². The Hall–Kier alpha value is -3.06. The molecular formula is C20H15FN4OS. The smallest absolute Gasteiger partial charge is 0.264 e. The molecule has 3 heterocycles. The molecule has 2 aromatic carbocycles. The molecule has 0 N–H and O–H groups in total. The van der Waals surface area contributed by atoms with E-state index in [0.29, 0.717) is 18.0 Å². The van der Waals surface area contributed by atoms with Gasteiger partial charge in [0.2, 0.25) is 0 Å². The van der Waals surface area contributed by atoms with Crippen molar-refractivity contribution in [2.75, 3.05) is 13.1 Å². The van der Waals surface area contributed by atoms with Gasteiger partial charge in [-0.2, -0.15) is 0 Å². The van der Waals surface area contributed by atoms with Crippen molar-refractivity contribution in [3.63, 3.8) is 0 Å². The average molecular weight is 378 g/mol. The van der Waals surface area contributed by atoms with E-state index in [-0.39, 0.29) is 17.8 Å². The van der Waals surface area contributed by atoms with E-state index in [1.54, 1.807) is 17.0 Å². The molecule has 27 heavy (non-hydrogen) atoms. The fraction of sp³-hybridized carbons (Fsp3) is 0.150. The highest BCUT2D eigenvalue weighted by molar-refractivity contribution is 7.20. The van der Waals surface area contributed by atoms with Crippen molar-refractivity contribution in [3.05, 3.63) is 71.5 Å². The van der Waals surface area contributed by atoms with Gasteiger partial charge in [0.1, 0.15) is 11.5 Å². The van der Waals surface area contributed by atoms with E-state index in [0.717, 1.165) is 21.3 Å². The van der Waals surface area contributed by atoms with Crippen LogP contribution in [0, 0.1) is 5.82 Å². The molecule has 0 aliphatic carbocycles. The van der Waals surface area contributed by atoms with Gasteiger partial charge in [-0.3, -0.25) is 4.79 Å². The van der Waals surface area contributed by atoms with Crippen molar-refractivity contribution in [2.24, 2.45) is 0 Å². The van der Waals surface area contributed by atoms with Crippen LogP contribution in [0.2, 0.25) is 0 Å². The van der Waals surface area contributed by atoms with E-state index in [1.807, 2.05) is 41.2 Å². The van der Waals surface area contributed by atoms with Crippen LogP contribution in [-0.2, 0) is 0 Å². The molecule has 5 rings (SSSR count). The van der Waals surface area contributed by atoms with Crippen molar-refractivity contribution in [1.82, 2.24) is 19.9 Å². The van der Waals surface area contributed by atoms with Crippen LogP contribution in [0.25, 0.3) is 21.3 Å². The maximum absolute atomic E-state index is 13.3. The molecule has 5 nitrogen and oxygen atoms in total. The van der Waals surface area contributed by atoms with Crippen LogP contribution in [-0.4, -0.2) is 38.9 Å². The number of nitrogens with zero attached hydrogens (tertiary/aromatic N) is 4. The van der Waals surface area contributed by atoms with Crippen LogP contribution in [0.1, 0.15) is 15.7 Å². The van der Waals surface area contributed by atoms with E-state index >= 15 is 0 Å². The predicted octanol–water partition coefficient (Wildman–Crippen LogP) is 4.00. The molecule has 134 valence electrons. The molecule has 0 bridgehead atoms. The van der Waals surface area contributed by atoms with Crippen LogP contribution >= 0.6 is 11.3 Å². The highest BCUT2D eigenvalue weighted by Gasteiger charge is 2.34. The number of benzene rings is 2. The van der Waals surface area contributed by atoms with Crippen LogP contribution < -0.4 is 0 Å². The van der Waals surface area contributed by atoms with Crippen molar-refractivity contribution in [1.29, 1.82) is 0 Å². The van der Waals surface area contributed by atoms with Gasteiger partial charge in [-0.25, -0.2) is 9.07 Å². The van der Waals surface area contributed by atoms with Gasteiger partial charge in [0.15, 0.2) is 0 Å². The standard InChI is InChI=1S/C20H15FN4OS/c21-15-6-7-18-14(8-15)9-19(27-18)20(26)24-10-16(11-24)25-12-17(22-23-25)13-4-2-1-3-5-13/h1-9,12,16H,10-11H2. The number of halogens is 1. The van der Waals surface area contributed by atoms with Gasteiger partial charge in [0.05, 0.1) is 17.1 Å². The van der Waals surface area contributed by atoms with Crippen molar-refractivity contribution >= 4 is 27.3 Å². The highest BCUT2D eigenvalue weighted by atomic mass is 32.1. The van der Waals surface area contributed by atoms with Crippen molar-refractivity contribution in [3.8, 4) is 11.3 Å². The molecule has 1 aliphatic heterocycles. The van der Waals surface area contributed by atoms with Gasteiger partial charge >= 0.3 is 0 Å². The van der Waals surface area contributed by atoms with Gasteiger partial charge in [-0.1, -0.05) is 35.5 Å². The fourth-order valence-corrected chi connectivity index (χ4v) is 4.27. The summed E-state index contributed by atoms with van der Waals surface area (Å²) in [6.07, 6.45) is 1.92. The number of carbonyl (C=O) groups excluding carboxylic acids is 1. The van der Waals surface area contributed by atoms with Gasteiger partial charge < -0.3 is 4.90 Å². The molecule has 0 saturated carbocycles. The van der Waals surface area contributed by atoms with Gasteiger partial charge in [0, 0.05) is 23.4 Å². The minimum absolute atomic E-state index is 0.0174. The Bertz CT molecular complexity index is 1130. The van der Waals surface area contributed by atoms with Crippen LogP contribution in [0.5, 0.6) is 0 Å². The minimum atomic E-state index is -0.288. The first-order valence-electron chi connectivity index (χ1n) is 8.63. The van der Waals surface area contributed by atoms with Gasteiger partial charge in [0.25, 0.3) is 5.91 Å². The monoisotopic (exact) mass is 378 g/mol. The Morgan fingerprint density at radius 1 is 1.11 bits per heavy atom. The first-order chi connectivity index (χ1) is 13.2. The normalized spacial score (nSPS) is 14.5. The molecule has 0 radical (unpaired) electrons. The summed E-state index contributed by atoms with van der Waals surface area (Å²) in [7, 11) is 0. The Kier molecular flexibility index (Phi) is 3.75. The third-order valence-electron chi connectivity index (χ3n) is 4.79. The summed E-state index contributed by atoms with van der Waals surface area (Å²) in [6, 6.07) is 16.4. The number of carbonyl (C=O) groups is 1. The maximum Gasteiger partial charge on any atom is 0.264 e. The second kappa shape index (κ2) is 6.28. The van der Waals surface area contributed by atoms with Gasteiger partial charge in [-0.05, 0) is 29.7 Å². The molecular weight excluding hydrogens is 363 g/mol. The third kappa shape index (κ3) is 2.90. The van der Waals surface area contributed by atoms with Crippen LogP contribution in [0.3, 0.4) is 0 Å². The Balaban J connectivity index is 1.28. The van der Waals surface area contributed by atoms with Gasteiger partial charge in [-0.15, -0.1) is 16.4 Å². The summed E-state index contributed by atoms with van der Waals surface area (Å²) in [5, 5.41) is 9.21. The summed E-state index contributed by atoms with van der Waals surface area (Å²) in [5.74, 6) is -0.306. The number of aromatic nitrogens is 3. The van der Waals surface area contributed by atoms with E-state index in [4.69, 9.17) is 0 Å². The molecule has 7 heteroatoms. The zero-order valence-corrected chi connectivity index (χ0v) is 15.1. The number of fused-ring (bicyclic) bond motifs is 1. The van der Waals surface area contributed by atoms with Crippen molar-refractivity contribution in [2.45, 2.75) is 6.04 Å². The first-order valence-corrected chi connectivity index (χ1v) is 9.45. The molecule has 0 spiro atoms. The molecule has 4 aromatic rings. The Morgan fingerprint density at radius 3 is 2.74 bits per heavy atom. The highest BCUT2D eigenvalue weighted by Crippen LogP contribution is 2.30. The Labute approximate surface area is 158 Å². The maximum atomic E-state index is 13.3. The van der Waals surface area contributed by atoms with Crippen LogP contribution in [0.4, 0.5) is 4.39 Å². The summed E-state index contributed by atoms with van der Waals surface area (Å²) in [6.45, 7) is 1.19. The predicted molar refractivity (Wildman–Crippen MR) is 102 cm³/mol. The number of likely N-dealkylation sites (tertiary alicyclic amines) is 1. The second-order valence-corrected chi connectivity index (χ2v) is 7.69. The largest absolute Gasteiger partial charge is 0.334 e. The first kappa shape index (κ1) is 16.1. The molecule has 2 aromatic heterocycles. The Morgan fingerprint density at radius 2 is 1.93 bits per heavy atom. The zero-order chi connectivity index (χ0) is 18.4. The number of hydrogen-bond donors (Lipinski definition) is 0. The summed E-state index contributed by atoms with van der Waals surface area (Å²) < 4.78 is 16.1. The lowest BCUT2D eigenvalue weighted by atomic mass is 10.1. The zero-order valence-electron chi connectivity index (χ0n) is 14.2. The topological polar surface area (TPSA) is 51.0 Å². The molecule has 1 amide bonds. The molecule has 0 atom stereocenters. The minimum Gasteiger partial charge on any atom is -0.334 e. The SMILES string of the molecule is O=C(c1cc2cc(F)ccc2s1)N1CC(n2cc(-c3ccccc3)nn2)C1. The van der Waals surface area contributed by atoms with E-state index in [9.17, 15) is 9.18 Å². The average Bonchev–Trinajstić information content (AvgIpc) is 3.28. The number of thiophene rings is 1. The quantitative estimate of drug-likeness (QED) is 0.542. The third-order valence-corrected chi connectivity index (χ3v) is 5.90. The summed E-state index contributed by atoms with van der Waals surface area (Å²) in [4.78, 5) is 15.1. The lowest BCUT2D eigenvalue weighted by molar-refractivity contribution is 0.0503. The summed E-state index contributed by atoms with van der Waals surface area (Å²) >= 11 is 1.40.